The van der Waals surface area contributed by atoms with Gasteiger partial charge in [0.1, 0.15) is 3.74 Å². The smallest absolute Gasteiger partial charge is 0.308 e. The summed E-state index contributed by atoms with van der Waals surface area (Å²) >= 11 is 9.14. The summed E-state index contributed by atoms with van der Waals surface area (Å²) in [6.45, 7) is 1.73. The van der Waals surface area contributed by atoms with Crippen LogP contribution in [0.15, 0.2) is 0 Å². The van der Waals surface area contributed by atoms with Crippen LogP contribution in [-0.2, 0) is 9.59 Å². The molecule has 0 aliphatic carbocycles. The molecule has 0 fully saturated rings. The summed E-state index contributed by atoms with van der Waals surface area (Å²) in [5, 5.41) is 8.76. The van der Waals surface area contributed by atoms with Crippen molar-refractivity contribution in [2.45, 2.75) is 21.9 Å². The number of alkyl halides is 3. The summed E-state index contributed by atoms with van der Waals surface area (Å²) in [4.78, 5) is 21.4. The predicted octanol–water partition coefficient (Wildman–Crippen LogP) is 2.55. The second kappa shape index (κ2) is 6.14. The van der Waals surface area contributed by atoms with Crippen LogP contribution in [0.4, 0.5) is 0 Å². The van der Waals surface area contributed by atoms with Gasteiger partial charge in [-0.1, -0.05) is 54.7 Å². The maximum absolute atomic E-state index is 11.3. The molecule has 0 aliphatic heterocycles. The molecular weight excluding hydrogens is 372 g/mol. The molecule has 0 radical (unpaired) electrons. The lowest BCUT2D eigenvalue weighted by Crippen LogP contribution is -2.32. The Morgan fingerprint density at radius 2 is 1.77 bits per heavy atom. The number of carbonyl (C=O) groups excluding carboxylic acids is 1. The Balaban J connectivity index is 4.46. The lowest BCUT2D eigenvalue weighted by molar-refractivity contribution is -0.143. The molecule has 0 aromatic carbocycles. The zero-order valence-electron chi connectivity index (χ0n) is 6.84. The van der Waals surface area contributed by atoms with Gasteiger partial charge in [-0.05, 0) is 6.42 Å². The fraction of sp³-hybridized carbons (Fsp3) is 0.714. The second-order valence-electron chi connectivity index (χ2n) is 2.46. The first kappa shape index (κ1) is 13.6. The average molecular weight is 381 g/mol. The van der Waals surface area contributed by atoms with Gasteiger partial charge in [0, 0.05) is 0 Å². The molecule has 0 bridgehead atoms. The Labute approximate surface area is 102 Å². The van der Waals surface area contributed by atoms with Gasteiger partial charge in [0.05, 0.1) is 10.7 Å². The van der Waals surface area contributed by atoms with E-state index in [-0.39, 0.29) is 5.78 Å². The van der Waals surface area contributed by atoms with Crippen LogP contribution < -0.4 is 0 Å². The lowest BCUT2D eigenvalue weighted by Gasteiger charge is -2.16. The summed E-state index contributed by atoms with van der Waals surface area (Å²) in [5.41, 5.74) is 0. The van der Waals surface area contributed by atoms with E-state index in [0.717, 1.165) is 0 Å². The highest BCUT2D eigenvalue weighted by molar-refractivity contribution is 9.25. The Bertz CT molecular complexity index is 205. The molecule has 1 N–H and O–H groups in total. The minimum absolute atomic E-state index is 0.214. The number of ketones is 1. The van der Waals surface area contributed by atoms with Gasteiger partial charge in [-0.15, -0.1) is 0 Å². The number of hydrogen-bond acceptors (Lipinski definition) is 2. The maximum Gasteiger partial charge on any atom is 0.308 e. The zero-order valence-corrected chi connectivity index (χ0v) is 11.6. The number of carboxylic acid groups (broad SMARTS) is 1. The van der Waals surface area contributed by atoms with E-state index in [1.54, 1.807) is 6.92 Å². The van der Waals surface area contributed by atoms with Crippen molar-refractivity contribution in [2.24, 2.45) is 5.92 Å². The van der Waals surface area contributed by atoms with E-state index in [1.165, 1.54) is 0 Å². The number of halogens is 3. The molecule has 0 heterocycles. The number of carboxylic acids is 1. The van der Waals surface area contributed by atoms with E-state index in [9.17, 15) is 9.59 Å². The van der Waals surface area contributed by atoms with Crippen LogP contribution in [0.1, 0.15) is 13.3 Å². The standard InChI is InChI=1S/C7H9Br3O3/c1-2-3(7(12)13)4(8)5(11)6(9)10/h3-4,6H,2H2,1H3,(H,12,13). The van der Waals surface area contributed by atoms with Crippen molar-refractivity contribution in [3.8, 4) is 0 Å². The summed E-state index contributed by atoms with van der Waals surface area (Å²) in [6, 6.07) is 0. The van der Waals surface area contributed by atoms with Gasteiger partial charge >= 0.3 is 5.97 Å². The van der Waals surface area contributed by atoms with E-state index >= 15 is 0 Å². The van der Waals surface area contributed by atoms with Crippen molar-refractivity contribution in [3.63, 3.8) is 0 Å². The molecule has 0 aromatic rings. The Hall–Kier alpha value is 0.580. The van der Waals surface area contributed by atoms with Gasteiger partial charge in [-0.2, -0.15) is 0 Å². The van der Waals surface area contributed by atoms with Crippen LogP contribution in [0.25, 0.3) is 0 Å². The topological polar surface area (TPSA) is 54.4 Å². The molecule has 6 heteroatoms. The Kier molecular flexibility index (Phi) is 6.41. The molecule has 0 saturated heterocycles. The third-order valence-electron chi connectivity index (χ3n) is 1.60. The van der Waals surface area contributed by atoms with Crippen LogP contribution in [0.3, 0.4) is 0 Å². The molecule has 0 amide bonds. The monoisotopic (exact) mass is 378 g/mol. The van der Waals surface area contributed by atoms with Crippen molar-refractivity contribution < 1.29 is 14.7 Å². The number of Topliss-reactive ketones (excluding diaryl/α,β-unsaturated/α-hetero) is 1. The van der Waals surface area contributed by atoms with Crippen molar-refractivity contribution in [1.29, 1.82) is 0 Å². The zero-order chi connectivity index (χ0) is 10.6. The highest BCUT2D eigenvalue weighted by Crippen LogP contribution is 2.23. The maximum atomic E-state index is 11.3. The molecule has 0 aromatic heterocycles. The fourth-order valence-electron chi connectivity index (χ4n) is 0.825. The largest absolute Gasteiger partial charge is 0.481 e. The fourth-order valence-corrected chi connectivity index (χ4v) is 2.97. The number of hydrogen-bond donors (Lipinski definition) is 1. The summed E-state index contributed by atoms with van der Waals surface area (Å²) in [7, 11) is 0. The SMILES string of the molecule is CCC(C(=O)O)C(Br)C(=O)C(Br)Br. The van der Waals surface area contributed by atoms with Crippen LogP contribution in [-0.4, -0.2) is 25.4 Å². The molecule has 2 atom stereocenters. The van der Waals surface area contributed by atoms with Gasteiger partial charge in [-0.3, -0.25) is 9.59 Å². The van der Waals surface area contributed by atoms with Crippen molar-refractivity contribution in [2.75, 3.05) is 0 Å². The summed E-state index contributed by atoms with van der Waals surface area (Å²) in [5.74, 6) is -1.85. The van der Waals surface area contributed by atoms with Crippen molar-refractivity contribution >= 4 is 59.5 Å². The summed E-state index contributed by atoms with van der Waals surface area (Å²) in [6.07, 6.45) is 0.420. The number of carbonyl (C=O) groups is 2. The highest BCUT2D eigenvalue weighted by Gasteiger charge is 2.32. The van der Waals surface area contributed by atoms with E-state index in [2.05, 4.69) is 47.8 Å². The third-order valence-corrected chi connectivity index (χ3v) is 3.59. The van der Waals surface area contributed by atoms with Crippen LogP contribution in [0, 0.1) is 5.92 Å². The van der Waals surface area contributed by atoms with E-state index < -0.39 is 20.5 Å². The normalized spacial score (nSPS) is 15.5. The van der Waals surface area contributed by atoms with Crippen LogP contribution in [0.2, 0.25) is 0 Å². The van der Waals surface area contributed by atoms with Gasteiger partial charge in [0.2, 0.25) is 0 Å². The molecule has 13 heavy (non-hydrogen) atoms. The van der Waals surface area contributed by atoms with E-state index in [0.29, 0.717) is 6.42 Å². The molecule has 76 valence electrons. The van der Waals surface area contributed by atoms with Crippen molar-refractivity contribution in [1.82, 2.24) is 0 Å². The van der Waals surface area contributed by atoms with Crippen LogP contribution in [0.5, 0.6) is 0 Å². The van der Waals surface area contributed by atoms with Gasteiger partial charge in [-0.25, -0.2) is 0 Å². The Morgan fingerprint density at radius 3 is 2.00 bits per heavy atom. The van der Waals surface area contributed by atoms with E-state index in [1.807, 2.05) is 0 Å². The van der Waals surface area contributed by atoms with Crippen LogP contribution >= 0.6 is 47.8 Å². The van der Waals surface area contributed by atoms with Gasteiger partial charge < -0.3 is 5.11 Å². The minimum Gasteiger partial charge on any atom is -0.481 e. The Morgan fingerprint density at radius 1 is 1.31 bits per heavy atom. The lowest BCUT2D eigenvalue weighted by atomic mass is 10.0. The number of aliphatic carboxylic acids is 1. The summed E-state index contributed by atoms with van der Waals surface area (Å²) < 4.78 is -0.502. The predicted molar refractivity (Wildman–Crippen MR) is 60.8 cm³/mol. The minimum atomic E-state index is -0.960. The molecule has 2 unspecified atom stereocenters. The van der Waals surface area contributed by atoms with Gasteiger partial charge in [0.25, 0.3) is 0 Å². The molecule has 0 rings (SSSR count). The molecule has 0 aliphatic rings. The first-order valence-electron chi connectivity index (χ1n) is 3.60. The van der Waals surface area contributed by atoms with Gasteiger partial charge in [0.15, 0.2) is 5.78 Å². The first-order valence-corrected chi connectivity index (χ1v) is 6.35. The third kappa shape index (κ3) is 4.08. The quantitative estimate of drug-likeness (QED) is 0.746. The molecule has 0 saturated carbocycles. The molecule has 3 nitrogen and oxygen atoms in total. The number of rotatable bonds is 5. The first-order chi connectivity index (χ1) is 5.91. The average Bonchev–Trinajstić information content (AvgIpc) is 2.03. The molecule has 0 spiro atoms. The highest BCUT2D eigenvalue weighted by atomic mass is 79.9. The molecular formula is C7H9Br3O3. The second-order valence-corrected chi connectivity index (χ2v) is 6.50. The van der Waals surface area contributed by atoms with Crippen molar-refractivity contribution in [3.05, 3.63) is 0 Å². The van der Waals surface area contributed by atoms with E-state index in [4.69, 9.17) is 5.11 Å².